The highest BCUT2D eigenvalue weighted by atomic mass is 16.2. The molecule has 1 atom stereocenters. The van der Waals surface area contributed by atoms with Crippen molar-refractivity contribution in [1.82, 2.24) is 4.90 Å². The molecule has 4 heteroatoms. The number of nitrogens with zero attached hydrogens (tertiary/aromatic N) is 1. The molecule has 0 heterocycles. The van der Waals surface area contributed by atoms with Crippen LogP contribution in [0.5, 0.6) is 0 Å². The Morgan fingerprint density at radius 3 is 1.96 bits per heavy atom. The van der Waals surface area contributed by atoms with Crippen molar-refractivity contribution in [3.8, 4) is 0 Å². The third kappa shape index (κ3) is 4.42. The first kappa shape index (κ1) is 18.4. The van der Waals surface area contributed by atoms with E-state index in [9.17, 15) is 9.59 Å². The SMILES string of the molecule is Cc1ccc(NC(=O)[C@H](c2ccccc2)N(C)C(=O)c2ccccc2)cc1. The molecule has 1 N–H and O–H groups in total. The first-order chi connectivity index (χ1) is 13.1. The minimum absolute atomic E-state index is 0.205. The summed E-state index contributed by atoms with van der Waals surface area (Å²) >= 11 is 0. The summed E-state index contributed by atoms with van der Waals surface area (Å²) < 4.78 is 0. The quantitative estimate of drug-likeness (QED) is 0.733. The zero-order valence-corrected chi connectivity index (χ0v) is 15.4. The number of anilines is 1. The fraction of sp³-hybridized carbons (Fsp3) is 0.130. The molecule has 0 bridgehead atoms. The Labute approximate surface area is 159 Å². The number of nitrogens with one attached hydrogen (secondary N) is 1. The van der Waals surface area contributed by atoms with Crippen molar-refractivity contribution >= 4 is 17.5 Å². The van der Waals surface area contributed by atoms with E-state index in [2.05, 4.69) is 5.32 Å². The van der Waals surface area contributed by atoms with Crippen molar-refractivity contribution < 1.29 is 9.59 Å². The van der Waals surface area contributed by atoms with Crippen molar-refractivity contribution in [2.75, 3.05) is 12.4 Å². The van der Waals surface area contributed by atoms with Crippen molar-refractivity contribution in [2.45, 2.75) is 13.0 Å². The molecule has 0 aliphatic rings. The van der Waals surface area contributed by atoms with Crippen molar-refractivity contribution in [3.63, 3.8) is 0 Å². The van der Waals surface area contributed by atoms with Crippen LogP contribution in [-0.4, -0.2) is 23.8 Å². The lowest BCUT2D eigenvalue weighted by molar-refractivity contribution is -0.120. The van der Waals surface area contributed by atoms with E-state index in [0.717, 1.165) is 11.1 Å². The number of aryl methyl sites for hydroxylation is 1. The average Bonchev–Trinajstić information content (AvgIpc) is 2.71. The Morgan fingerprint density at radius 2 is 1.37 bits per heavy atom. The molecule has 0 aliphatic carbocycles. The zero-order valence-electron chi connectivity index (χ0n) is 15.4. The molecular weight excluding hydrogens is 336 g/mol. The summed E-state index contributed by atoms with van der Waals surface area (Å²) in [5, 5.41) is 2.92. The van der Waals surface area contributed by atoms with Gasteiger partial charge in [0.15, 0.2) is 0 Å². The molecule has 0 radical (unpaired) electrons. The molecular formula is C23H22N2O2. The van der Waals surface area contributed by atoms with E-state index in [0.29, 0.717) is 11.3 Å². The highest BCUT2D eigenvalue weighted by molar-refractivity contribution is 6.01. The standard InChI is InChI=1S/C23H22N2O2/c1-17-13-15-20(16-14-17)24-22(26)21(18-9-5-3-6-10-18)25(2)23(27)19-11-7-4-8-12-19/h3-16,21H,1-2H3,(H,24,26)/t21-/m0/s1. The second kappa shape index (κ2) is 8.32. The highest BCUT2D eigenvalue weighted by Crippen LogP contribution is 2.23. The van der Waals surface area contributed by atoms with Gasteiger partial charge in [-0.2, -0.15) is 0 Å². The van der Waals surface area contributed by atoms with Gasteiger partial charge < -0.3 is 10.2 Å². The summed E-state index contributed by atoms with van der Waals surface area (Å²) in [6.45, 7) is 1.99. The summed E-state index contributed by atoms with van der Waals surface area (Å²) in [7, 11) is 1.65. The van der Waals surface area contributed by atoms with Gasteiger partial charge in [0.1, 0.15) is 6.04 Å². The highest BCUT2D eigenvalue weighted by Gasteiger charge is 2.29. The van der Waals surface area contributed by atoms with Gasteiger partial charge in [0, 0.05) is 18.3 Å². The van der Waals surface area contributed by atoms with Gasteiger partial charge >= 0.3 is 0 Å². The second-order valence-electron chi connectivity index (χ2n) is 6.45. The van der Waals surface area contributed by atoms with Crippen LogP contribution in [0.25, 0.3) is 0 Å². The van der Waals surface area contributed by atoms with Crippen molar-refractivity contribution in [3.05, 3.63) is 102 Å². The predicted molar refractivity (Wildman–Crippen MR) is 108 cm³/mol. The van der Waals surface area contributed by atoms with Gasteiger partial charge in [0.2, 0.25) is 0 Å². The van der Waals surface area contributed by atoms with Crippen LogP contribution in [0.1, 0.15) is 27.5 Å². The number of carbonyl (C=O) groups excluding carboxylic acids is 2. The molecule has 0 unspecified atom stereocenters. The normalized spacial score (nSPS) is 11.5. The van der Waals surface area contributed by atoms with E-state index in [1.54, 1.807) is 19.2 Å². The molecule has 0 saturated heterocycles. The van der Waals surface area contributed by atoms with Crippen molar-refractivity contribution in [1.29, 1.82) is 0 Å². The Morgan fingerprint density at radius 1 is 0.815 bits per heavy atom. The largest absolute Gasteiger partial charge is 0.326 e. The van der Waals surface area contributed by atoms with Gasteiger partial charge in [-0.05, 0) is 36.8 Å². The number of carbonyl (C=O) groups is 2. The van der Waals surface area contributed by atoms with Crippen LogP contribution >= 0.6 is 0 Å². The molecule has 0 aliphatic heterocycles. The van der Waals surface area contributed by atoms with Gasteiger partial charge in [-0.15, -0.1) is 0 Å². The number of amides is 2. The fourth-order valence-electron chi connectivity index (χ4n) is 2.94. The Kier molecular flexibility index (Phi) is 5.67. The number of hydrogen-bond acceptors (Lipinski definition) is 2. The zero-order chi connectivity index (χ0) is 19.2. The van der Waals surface area contributed by atoms with E-state index in [4.69, 9.17) is 0 Å². The van der Waals surface area contributed by atoms with E-state index >= 15 is 0 Å². The van der Waals surface area contributed by atoms with Crippen LogP contribution in [0.2, 0.25) is 0 Å². The maximum absolute atomic E-state index is 13.1. The topological polar surface area (TPSA) is 49.4 Å². The lowest BCUT2D eigenvalue weighted by Gasteiger charge is -2.28. The molecule has 3 rings (SSSR count). The van der Waals surface area contributed by atoms with E-state index in [1.165, 1.54) is 4.90 Å². The fourth-order valence-corrected chi connectivity index (χ4v) is 2.94. The number of likely N-dealkylation sites (N-methyl/N-ethyl adjacent to an activating group) is 1. The van der Waals surface area contributed by atoms with Crippen LogP contribution in [-0.2, 0) is 4.79 Å². The predicted octanol–water partition coefficient (Wildman–Crippen LogP) is 4.45. The van der Waals surface area contributed by atoms with Crippen LogP contribution in [0, 0.1) is 6.92 Å². The van der Waals surface area contributed by atoms with Crippen LogP contribution in [0.4, 0.5) is 5.69 Å². The van der Waals surface area contributed by atoms with E-state index < -0.39 is 6.04 Å². The summed E-state index contributed by atoms with van der Waals surface area (Å²) in [4.78, 5) is 27.5. The van der Waals surface area contributed by atoms with Crippen LogP contribution < -0.4 is 5.32 Å². The maximum Gasteiger partial charge on any atom is 0.254 e. The summed E-state index contributed by atoms with van der Waals surface area (Å²) in [6, 6.07) is 25.1. The number of hydrogen-bond donors (Lipinski definition) is 1. The minimum Gasteiger partial charge on any atom is -0.326 e. The first-order valence-electron chi connectivity index (χ1n) is 8.81. The van der Waals surface area contributed by atoms with E-state index in [1.807, 2.05) is 79.7 Å². The molecule has 4 nitrogen and oxygen atoms in total. The molecule has 0 saturated carbocycles. The Balaban J connectivity index is 1.90. The van der Waals surface area contributed by atoms with Crippen LogP contribution in [0.3, 0.4) is 0 Å². The third-order valence-electron chi connectivity index (χ3n) is 4.41. The third-order valence-corrected chi connectivity index (χ3v) is 4.41. The average molecular weight is 358 g/mol. The molecule has 136 valence electrons. The molecule has 0 aromatic heterocycles. The second-order valence-corrected chi connectivity index (χ2v) is 6.45. The molecule has 27 heavy (non-hydrogen) atoms. The van der Waals surface area contributed by atoms with Gasteiger partial charge in [-0.1, -0.05) is 66.2 Å². The van der Waals surface area contributed by atoms with Gasteiger partial charge in [0.25, 0.3) is 11.8 Å². The van der Waals surface area contributed by atoms with Crippen molar-refractivity contribution in [2.24, 2.45) is 0 Å². The van der Waals surface area contributed by atoms with E-state index in [-0.39, 0.29) is 11.8 Å². The lowest BCUT2D eigenvalue weighted by atomic mass is 10.0. The molecule has 0 fully saturated rings. The van der Waals surface area contributed by atoms with Crippen LogP contribution in [0.15, 0.2) is 84.9 Å². The molecule has 3 aromatic carbocycles. The molecule has 0 spiro atoms. The summed E-state index contributed by atoms with van der Waals surface area (Å²) in [5.41, 5.74) is 3.12. The number of benzene rings is 3. The first-order valence-corrected chi connectivity index (χ1v) is 8.81. The minimum atomic E-state index is -0.736. The summed E-state index contributed by atoms with van der Waals surface area (Å²) in [5.74, 6) is -0.458. The monoisotopic (exact) mass is 358 g/mol. The smallest absolute Gasteiger partial charge is 0.254 e. The molecule has 2 amide bonds. The Bertz CT molecular complexity index is 906. The lowest BCUT2D eigenvalue weighted by Crippen LogP contribution is -2.38. The number of rotatable bonds is 5. The maximum atomic E-state index is 13.1. The van der Waals surface area contributed by atoms with Gasteiger partial charge in [-0.3, -0.25) is 9.59 Å². The van der Waals surface area contributed by atoms with Gasteiger partial charge in [-0.25, -0.2) is 0 Å². The summed E-state index contributed by atoms with van der Waals surface area (Å²) in [6.07, 6.45) is 0. The Hall–Kier alpha value is -3.40. The molecule has 3 aromatic rings. The van der Waals surface area contributed by atoms with Gasteiger partial charge in [0.05, 0.1) is 0 Å².